The predicted octanol–water partition coefficient (Wildman–Crippen LogP) is 1.73. The Labute approximate surface area is 231 Å². The fourth-order valence-electron chi connectivity index (χ4n) is 4.09. The maximum Gasteiger partial charge on any atom is 0.338 e. The molecule has 0 bridgehead atoms. The normalized spacial score (nSPS) is 20.5. The monoisotopic (exact) mass is 629 g/mol. The van der Waals surface area contributed by atoms with E-state index in [1.54, 1.807) is 23.4 Å². The zero-order valence-electron chi connectivity index (χ0n) is 20.4. The van der Waals surface area contributed by atoms with Crippen molar-refractivity contribution in [3.63, 3.8) is 0 Å². The minimum Gasteiger partial charge on any atom is -0.463 e. The van der Waals surface area contributed by atoms with Crippen LogP contribution in [0, 0.1) is 5.82 Å². The average Bonchev–Trinajstić information content (AvgIpc) is 3.38. The van der Waals surface area contributed by atoms with Gasteiger partial charge in [0.05, 0.1) is 31.6 Å². The number of rotatable bonds is 8. The first-order valence-electron chi connectivity index (χ1n) is 11.5. The third kappa shape index (κ3) is 6.64. The fourth-order valence-corrected chi connectivity index (χ4v) is 5.75. The van der Waals surface area contributed by atoms with E-state index in [1.165, 1.54) is 29.5 Å². The molecule has 0 aliphatic carbocycles. The molecule has 1 saturated heterocycles. The smallest absolute Gasteiger partial charge is 0.338 e. The van der Waals surface area contributed by atoms with Crippen molar-refractivity contribution in [3.8, 4) is 0 Å². The first kappa shape index (κ1) is 28.3. The molecule has 2 aromatic rings. The molecule has 2 aliphatic rings. The third-order valence-electron chi connectivity index (χ3n) is 5.70. The second-order valence-corrected chi connectivity index (χ2v) is 11.9. The first-order valence-corrected chi connectivity index (χ1v) is 15.1. The highest BCUT2D eigenvalue weighted by molar-refractivity contribution is 9.10. The molecule has 2 atom stereocenters. The largest absolute Gasteiger partial charge is 0.463 e. The Morgan fingerprint density at radius 2 is 2.18 bits per heavy atom. The number of morpholine rings is 1. The van der Waals surface area contributed by atoms with Gasteiger partial charge in [0.1, 0.15) is 17.9 Å². The van der Waals surface area contributed by atoms with Crippen molar-refractivity contribution in [2.45, 2.75) is 19.0 Å². The number of nitrogens with zero attached hydrogens (tertiary/aromatic N) is 3. The molecule has 3 heterocycles. The van der Waals surface area contributed by atoms with E-state index in [0.29, 0.717) is 33.2 Å². The lowest BCUT2D eigenvalue weighted by Crippen LogP contribution is -2.56. The number of amides is 1. The highest BCUT2D eigenvalue weighted by atomic mass is 79.9. The molecule has 2 aliphatic heterocycles. The molecule has 0 saturated carbocycles. The Morgan fingerprint density at radius 1 is 1.39 bits per heavy atom. The second-order valence-electron chi connectivity index (χ2n) is 8.42. The van der Waals surface area contributed by atoms with Crippen molar-refractivity contribution in [2.24, 2.45) is 4.99 Å². The van der Waals surface area contributed by atoms with E-state index in [9.17, 15) is 22.4 Å². The van der Waals surface area contributed by atoms with E-state index < -0.39 is 39.8 Å². The summed E-state index contributed by atoms with van der Waals surface area (Å²) in [7, 11) is -3.80. The van der Waals surface area contributed by atoms with Crippen LogP contribution >= 0.6 is 27.3 Å². The van der Waals surface area contributed by atoms with Gasteiger partial charge < -0.3 is 14.8 Å². The number of nitrogens with one attached hydrogen (secondary N) is 2. The van der Waals surface area contributed by atoms with Gasteiger partial charge in [-0.25, -0.2) is 22.6 Å². The molecule has 38 heavy (non-hydrogen) atoms. The van der Waals surface area contributed by atoms with Crippen molar-refractivity contribution in [3.05, 3.63) is 61.9 Å². The zero-order valence-corrected chi connectivity index (χ0v) is 23.7. The highest BCUT2D eigenvalue weighted by Gasteiger charge is 2.37. The molecule has 0 radical (unpaired) electrons. The number of aromatic nitrogens is 1. The second kappa shape index (κ2) is 12.0. The molecular weight excluding hydrogens is 605 g/mol. The van der Waals surface area contributed by atoms with Gasteiger partial charge in [-0.15, -0.1) is 11.3 Å². The topological polar surface area (TPSA) is 139 Å². The van der Waals surface area contributed by atoms with Crippen molar-refractivity contribution < 1.29 is 31.9 Å². The average molecular weight is 631 g/mol. The summed E-state index contributed by atoms with van der Waals surface area (Å²) < 4.78 is 50.5. The number of carbonyl (C=O) groups excluding carboxylic acids is 2. The minimum atomic E-state index is -3.80. The number of aliphatic imine (C=N–C) groups is 1. The van der Waals surface area contributed by atoms with E-state index in [0.717, 1.165) is 6.26 Å². The highest BCUT2D eigenvalue weighted by Crippen LogP contribution is 2.37. The number of esters is 1. The van der Waals surface area contributed by atoms with Crippen LogP contribution in [0.1, 0.15) is 23.5 Å². The maximum atomic E-state index is 13.9. The number of sulfonamides is 1. The summed E-state index contributed by atoms with van der Waals surface area (Å²) in [4.78, 5) is 36.9. The van der Waals surface area contributed by atoms with Crippen LogP contribution in [0.4, 0.5) is 4.39 Å². The number of carbonyl (C=O) groups is 2. The van der Waals surface area contributed by atoms with Crippen molar-refractivity contribution >= 4 is 55.0 Å². The lowest BCUT2D eigenvalue weighted by molar-refractivity contribution is -0.139. The van der Waals surface area contributed by atoms with Gasteiger partial charge in [0, 0.05) is 34.8 Å². The fraction of sp³-hybridized carbons (Fsp3) is 0.391. The summed E-state index contributed by atoms with van der Waals surface area (Å²) in [5.74, 6) is -1.46. The quantitative estimate of drug-likeness (QED) is 0.418. The summed E-state index contributed by atoms with van der Waals surface area (Å²) in [6.45, 7) is 2.37. The number of hydrogen-bond acceptors (Lipinski definition) is 11. The summed E-state index contributed by atoms with van der Waals surface area (Å²) >= 11 is 4.72. The number of ether oxygens (including phenoxy) is 2. The Balaban J connectivity index is 1.80. The molecule has 1 amide bonds. The van der Waals surface area contributed by atoms with Crippen molar-refractivity contribution in [1.29, 1.82) is 0 Å². The van der Waals surface area contributed by atoms with Crippen molar-refractivity contribution in [2.75, 3.05) is 39.2 Å². The number of halogens is 2. The van der Waals surface area contributed by atoms with Crippen LogP contribution < -0.4 is 10.0 Å². The Kier molecular flexibility index (Phi) is 8.92. The minimum absolute atomic E-state index is 0.0380. The Morgan fingerprint density at radius 3 is 2.84 bits per heavy atom. The molecule has 1 aromatic heterocycles. The molecule has 4 rings (SSSR count). The predicted molar refractivity (Wildman–Crippen MR) is 141 cm³/mol. The summed E-state index contributed by atoms with van der Waals surface area (Å²) in [6, 6.07) is 2.27. The molecule has 1 fully saturated rings. The first-order chi connectivity index (χ1) is 18.1. The van der Waals surface area contributed by atoms with E-state index in [-0.39, 0.29) is 31.9 Å². The van der Waals surface area contributed by atoms with Crippen LogP contribution in [0.5, 0.6) is 0 Å². The molecule has 0 spiro atoms. The molecule has 1 aromatic carbocycles. The van der Waals surface area contributed by atoms with Crippen LogP contribution in [0.25, 0.3) is 0 Å². The van der Waals surface area contributed by atoms with E-state index >= 15 is 0 Å². The zero-order chi connectivity index (χ0) is 27.4. The van der Waals surface area contributed by atoms with Gasteiger partial charge in [0.2, 0.25) is 10.0 Å². The van der Waals surface area contributed by atoms with Gasteiger partial charge in [0.15, 0.2) is 10.8 Å². The van der Waals surface area contributed by atoms with E-state index in [2.05, 4.69) is 26.2 Å². The maximum absolute atomic E-state index is 13.9. The standard InChI is InChI=1S/C23H25BrFN5O6S2/c1-3-36-23(32)18-16(11-30-7-8-35-12-17(30)21(31)29-38(2,33)34)27-20(22-26-6-9-37-22)28-19(18)14-5-4-13(25)10-15(14)24/h4-6,9-10,17,19H,3,7-8,11-12H2,1-2H3,(H,27,28)(H,29,31). The number of benzene rings is 1. The van der Waals surface area contributed by atoms with Crippen LogP contribution in [0.3, 0.4) is 0 Å². The summed E-state index contributed by atoms with van der Waals surface area (Å²) in [6.07, 6.45) is 2.51. The lowest BCUT2D eigenvalue weighted by Gasteiger charge is -2.36. The Hall–Kier alpha value is -2.72. The third-order valence-corrected chi connectivity index (χ3v) is 7.74. The lowest BCUT2D eigenvalue weighted by atomic mass is 9.95. The number of hydrogen-bond donors (Lipinski definition) is 2. The van der Waals surface area contributed by atoms with Gasteiger partial charge in [-0.1, -0.05) is 22.0 Å². The van der Waals surface area contributed by atoms with Crippen LogP contribution in [0.15, 0.2) is 50.5 Å². The Bertz CT molecular complexity index is 1380. The van der Waals surface area contributed by atoms with Gasteiger partial charge >= 0.3 is 5.97 Å². The SMILES string of the molecule is CCOC(=O)C1=C(CN2CCOCC2C(=O)NS(C)(=O)=O)NC(c2nccs2)=NC1c1ccc(F)cc1Br. The van der Waals surface area contributed by atoms with Crippen LogP contribution in [0.2, 0.25) is 0 Å². The number of amidine groups is 1. The van der Waals surface area contributed by atoms with Gasteiger partial charge in [0.25, 0.3) is 5.91 Å². The molecule has 2 unspecified atom stereocenters. The summed E-state index contributed by atoms with van der Waals surface area (Å²) in [5, 5.41) is 5.52. The molecule has 11 nitrogen and oxygen atoms in total. The van der Waals surface area contributed by atoms with Crippen molar-refractivity contribution in [1.82, 2.24) is 19.9 Å². The molecule has 2 N–H and O–H groups in total. The van der Waals surface area contributed by atoms with E-state index in [1.807, 2.05) is 4.72 Å². The van der Waals surface area contributed by atoms with Gasteiger partial charge in [-0.2, -0.15) is 0 Å². The van der Waals surface area contributed by atoms with E-state index in [4.69, 9.17) is 14.5 Å². The van der Waals surface area contributed by atoms with Gasteiger partial charge in [-0.3, -0.25) is 19.4 Å². The molecular formula is C23H25BrFN5O6S2. The molecule has 204 valence electrons. The summed E-state index contributed by atoms with van der Waals surface area (Å²) in [5.41, 5.74) is 1.09. The number of thiazole rings is 1. The van der Waals surface area contributed by atoms with Crippen LogP contribution in [-0.4, -0.2) is 81.2 Å². The van der Waals surface area contributed by atoms with Gasteiger partial charge in [-0.05, 0) is 24.6 Å². The molecule has 15 heteroatoms. The van der Waals surface area contributed by atoms with Crippen LogP contribution in [-0.2, 0) is 29.1 Å².